The predicted octanol–water partition coefficient (Wildman–Crippen LogP) is 24.0. The summed E-state index contributed by atoms with van der Waals surface area (Å²) in [6.45, 7) is 25.7. The number of halogens is 8. The summed E-state index contributed by atoms with van der Waals surface area (Å²) in [6.07, 6.45) is 23.0. The largest absolute Gasteiger partial charge is 0.372 e. The molecule has 22 nitrogen and oxygen atoms in total. The molecule has 16 rings (SSSR count). The Labute approximate surface area is 811 Å². The Hall–Kier alpha value is -12.9. The van der Waals surface area contributed by atoms with Gasteiger partial charge in [-0.1, -0.05) is 170 Å². The van der Waals surface area contributed by atoms with Crippen molar-refractivity contribution in [1.29, 1.82) is 0 Å². The van der Waals surface area contributed by atoms with Crippen molar-refractivity contribution >= 4 is 166 Å². The normalized spacial score (nSPS) is 12.8. The molecule has 133 heavy (non-hydrogen) atoms. The summed E-state index contributed by atoms with van der Waals surface area (Å²) < 4.78 is 15.5. The smallest absolute Gasteiger partial charge is 0.227 e. The van der Waals surface area contributed by atoms with E-state index in [1.165, 1.54) is 85.9 Å². The Bertz CT molecular complexity index is 6240. The van der Waals surface area contributed by atoms with Crippen LogP contribution in [0.4, 0.5) is 56.4 Å². The van der Waals surface area contributed by atoms with E-state index in [0.717, 1.165) is 137 Å². The first-order valence-corrected chi connectivity index (χ1v) is 45.8. The molecule has 678 valence electrons. The molecular weight excluding hydrogens is 1870 g/mol. The number of anilines is 9. The van der Waals surface area contributed by atoms with Crippen molar-refractivity contribution in [2.75, 3.05) is 90.1 Å². The maximum atomic E-state index is 14.7. The Morgan fingerprint density at radius 1 is 0.346 bits per heavy atom. The first-order valence-electron chi connectivity index (χ1n) is 42.8. The van der Waals surface area contributed by atoms with Crippen LogP contribution >= 0.6 is 85.5 Å². The number of benzene rings is 8. The molecule has 0 atom stereocenters. The lowest BCUT2D eigenvalue weighted by atomic mass is 10.0. The van der Waals surface area contributed by atoms with Crippen LogP contribution < -0.4 is 30.7 Å². The minimum absolute atomic E-state index is 0.0167. The van der Waals surface area contributed by atoms with Gasteiger partial charge in [0, 0.05) is 147 Å². The zero-order chi connectivity index (χ0) is 94.3. The Kier molecular flexibility index (Phi) is 36.9. The van der Waals surface area contributed by atoms with Gasteiger partial charge in [0.2, 0.25) is 28.4 Å². The van der Waals surface area contributed by atoms with Crippen molar-refractivity contribution in [3.63, 3.8) is 0 Å². The first kappa shape index (κ1) is 99.1. The number of allylic oxidation sites excluding steroid dienone is 5. The summed E-state index contributed by atoms with van der Waals surface area (Å²) >= 11 is 40.1. The molecule has 8 aromatic carbocycles. The molecule has 30 heteroatoms. The van der Waals surface area contributed by atoms with Gasteiger partial charge in [-0.15, -0.1) is 0 Å². The molecule has 3 saturated heterocycles. The molecule has 0 aliphatic carbocycles. The van der Waals surface area contributed by atoms with E-state index < -0.39 is 0 Å². The Morgan fingerprint density at radius 2 is 0.639 bits per heavy atom. The van der Waals surface area contributed by atoms with E-state index in [4.69, 9.17) is 69.6 Å². The fourth-order valence-corrected chi connectivity index (χ4v) is 16.1. The van der Waals surface area contributed by atoms with Crippen molar-refractivity contribution in [3.05, 3.63) is 351 Å². The van der Waals surface area contributed by atoms with Crippen LogP contribution in [0.3, 0.4) is 0 Å². The number of hydrogen-bond donors (Lipinski definition) is 3. The topological polar surface area (TPSA) is 263 Å². The van der Waals surface area contributed by atoms with Gasteiger partial charge in [-0.3, -0.25) is 24.0 Å². The maximum Gasteiger partial charge on any atom is 0.227 e. The van der Waals surface area contributed by atoms with Crippen LogP contribution in [0.25, 0.3) is 56.3 Å². The lowest BCUT2D eigenvalue weighted by Crippen LogP contribution is -2.44. The van der Waals surface area contributed by atoms with E-state index in [1.807, 2.05) is 152 Å². The second-order valence-electron chi connectivity index (χ2n) is 31.1. The number of nitrogens with zero attached hydrogens (tertiary/aromatic N) is 14. The molecule has 8 heterocycles. The summed E-state index contributed by atoms with van der Waals surface area (Å²) in [5.41, 5.74) is 17.0. The molecule has 3 N–H and O–H groups in total. The fourth-order valence-electron chi connectivity index (χ4n) is 14.6. The summed E-state index contributed by atoms with van der Waals surface area (Å²) in [5, 5.41) is 11.6. The minimum atomic E-state index is -0.273. The Morgan fingerprint density at radius 3 is 0.985 bits per heavy atom. The number of ketones is 5. The van der Waals surface area contributed by atoms with Crippen LogP contribution in [0.15, 0.2) is 287 Å². The quantitative estimate of drug-likeness (QED) is 0.0290. The highest BCUT2D eigenvalue weighted by Gasteiger charge is 2.22. The molecule has 5 aromatic heterocycles. The number of hydrogen-bond acceptors (Lipinski definition) is 22. The number of aromatic nitrogens is 10. The molecule has 0 radical (unpaired) electrons. The van der Waals surface area contributed by atoms with Gasteiger partial charge in [0.05, 0.1) is 83.5 Å². The molecule has 0 saturated carbocycles. The van der Waals surface area contributed by atoms with Gasteiger partial charge in [0.1, 0.15) is 5.82 Å². The third kappa shape index (κ3) is 29.6. The molecule has 3 fully saturated rings. The average Bonchev–Trinajstić information content (AvgIpc) is 0.779. The standard InChI is InChI=1S/C25H24ClFN4O.C25H26ClN5O.C25H25ClN4O.C14H10BrClN2O.C14H10Cl2N2O/c1-2-20(32)14-17-7-6-8-18(13-17)24-21(26)16-28-25(30-24)29-19-9-10-23(22(27)15-19)31-11-4-3-5-12-31;1-3-22(32)16-18-5-4-6-19(15-18)24-23(26)17-27-25(29-24)28-20-7-9-21(10-8-20)31-13-11-30(2)12-14-31;1-2-22(31)16-18-7-6-8-19(15-18)24-23(26)17-27-25(29-24)28-20-9-11-21(12-10-20)30-13-4-3-5-14-30;2*1-2-11(19)7-9-4-3-5-10(6-9)13-12(15)8-17-14(16)18-13/h2,6-10,13,15-16H,1,3-5,11-12,14H2,(H,28,29,30);3-10,15,17H,1,11-14,16H2,2H3,(H,27,28,29);2,6-12,15,17H,1,3-5,13-14,16H2,(H,27,28,29);2*2-6,8H,1,7H2. The van der Waals surface area contributed by atoms with Crippen LogP contribution in [0.1, 0.15) is 66.3 Å². The van der Waals surface area contributed by atoms with E-state index in [1.54, 1.807) is 24.7 Å². The van der Waals surface area contributed by atoms with Crippen LogP contribution in [0.5, 0.6) is 0 Å². The highest BCUT2D eigenvalue weighted by atomic mass is 79.9. The van der Waals surface area contributed by atoms with Crippen molar-refractivity contribution in [2.24, 2.45) is 0 Å². The Balaban J connectivity index is 0.000000153. The van der Waals surface area contributed by atoms with Crippen molar-refractivity contribution in [3.8, 4) is 56.3 Å². The van der Waals surface area contributed by atoms with Gasteiger partial charge < -0.3 is 35.6 Å². The lowest BCUT2D eigenvalue weighted by molar-refractivity contribution is -0.114. The van der Waals surface area contributed by atoms with Crippen molar-refractivity contribution < 1.29 is 28.4 Å². The zero-order valence-corrected chi connectivity index (χ0v) is 79.1. The van der Waals surface area contributed by atoms with E-state index in [2.05, 4.69) is 166 Å². The number of carbonyl (C=O) groups is 5. The average molecular weight is 1960 g/mol. The second kappa shape index (κ2) is 49.6. The van der Waals surface area contributed by atoms with Gasteiger partial charge in [0.15, 0.2) is 28.9 Å². The molecule has 0 spiro atoms. The number of rotatable bonds is 29. The van der Waals surface area contributed by atoms with E-state index in [9.17, 15) is 28.4 Å². The third-order valence-corrected chi connectivity index (χ3v) is 23.5. The number of carbonyl (C=O) groups excluding carboxylic acids is 5. The number of likely N-dealkylation sites (N-methyl/N-ethyl adjacent to an activating group) is 1. The lowest BCUT2D eigenvalue weighted by Gasteiger charge is -2.34. The van der Waals surface area contributed by atoms with E-state index in [-0.39, 0.29) is 51.7 Å². The third-order valence-electron chi connectivity index (χ3n) is 21.4. The number of piperazine rings is 1. The summed E-state index contributed by atoms with van der Waals surface area (Å²) in [5.74, 6) is 0.795. The van der Waals surface area contributed by atoms with Crippen LogP contribution in [-0.2, 0) is 56.1 Å². The molecule has 3 aliphatic heterocycles. The van der Waals surface area contributed by atoms with Crippen molar-refractivity contribution in [1.82, 2.24) is 54.7 Å². The van der Waals surface area contributed by atoms with Gasteiger partial charge >= 0.3 is 0 Å². The molecule has 0 unspecified atom stereocenters. The highest BCUT2D eigenvalue weighted by Crippen LogP contribution is 2.36. The van der Waals surface area contributed by atoms with E-state index >= 15 is 0 Å². The molecule has 0 bridgehead atoms. The summed E-state index contributed by atoms with van der Waals surface area (Å²) in [7, 11) is 2.15. The predicted molar refractivity (Wildman–Crippen MR) is 541 cm³/mol. The second-order valence-corrected chi connectivity index (χ2v) is 34.3. The summed E-state index contributed by atoms with van der Waals surface area (Å²) in [6, 6.07) is 59.5. The van der Waals surface area contributed by atoms with Gasteiger partial charge in [0.25, 0.3) is 0 Å². The van der Waals surface area contributed by atoms with Crippen molar-refractivity contribution in [2.45, 2.75) is 70.6 Å². The number of piperidine rings is 2. The maximum absolute atomic E-state index is 14.7. The minimum Gasteiger partial charge on any atom is -0.372 e. The first-order chi connectivity index (χ1) is 64.4. The highest BCUT2D eigenvalue weighted by molar-refractivity contribution is 9.10. The molecular formula is C103H95BrCl6FN17O5. The zero-order valence-electron chi connectivity index (χ0n) is 73.0. The van der Waals surface area contributed by atoms with Crippen LogP contribution in [0.2, 0.25) is 30.7 Å². The number of nitrogens with one attached hydrogen (secondary N) is 3. The van der Waals surface area contributed by atoms with Crippen LogP contribution in [0, 0.1) is 5.82 Å². The van der Waals surface area contributed by atoms with Gasteiger partial charge in [-0.05, 0) is 240 Å². The monoisotopic (exact) mass is 1960 g/mol. The van der Waals surface area contributed by atoms with E-state index in [0.29, 0.717) is 103 Å². The van der Waals surface area contributed by atoms with Gasteiger partial charge in [-0.25, -0.2) is 54.2 Å². The fraction of sp³-hybridized carbons (Fsp3) is 0.194. The molecule has 3 aliphatic rings. The van der Waals surface area contributed by atoms with Crippen LogP contribution in [-0.4, -0.2) is 143 Å². The summed E-state index contributed by atoms with van der Waals surface area (Å²) in [4.78, 5) is 110. The van der Waals surface area contributed by atoms with Gasteiger partial charge in [-0.2, -0.15) is 0 Å². The molecule has 13 aromatic rings. The SMILES string of the molecule is C=CC(=O)Cc1cccc(-c2nc(Cl)ncc2Br)c1.C=CC(=O)Cc1cccc(-c2nc(Cl)ncc2Cl)c1.C=CC(=O)Cc1cccc(-c2nc(Nc3ccc(N4CCCCC4)c(F)c3)ncc2Cl)c1.C=CC(=O)Cc1cccc(-c2nc(Nc3ccc(N4CCCCC4)cc3)ncc2Cl)c1.C=CC(=O)Cc1cccc(-c2nc(Nc3ccc(N4CCN(C)CC4)cc3)ncc2Cl)c1. The molecule has 0 amide bonds.